The van der Waals surface area contributed by atoms with Crippen molar-refractivity contribution in [1.29, 1.82) is 0 Å². The van der Waals surface area contributed by atoms with Gasteiger partial charge >= 0.3 is 0 Å². The SMILES string of the molecule is O=C1CN(c2ccc(NC(=O)CCc3cccc(OC4CCCC4)c3)cc2Cl)CCN1. The second-order valence-corrected chi connectivity index (χ2v) is 8.56. The Morgan fingerprint density at radius 2 is 2.03 bits per heavy atom. The molecular weight excluding hydrogens is 414 g/mol. The van der Waals surface area contributed by atoms with Gasteiger partial charge < -0.3 is 20.3 Å². The van der Waals surface area contributed by atoms with Crippen LogP contribution in [-0.4, -0.2) is 37.6 Å². The van der Waals surface area contributed by atoms with Crippen LogP contribution in [0.1, 0.15) is 37.7 Å². The average molecular weight is 442 g/mol. The molecule has 2 aromatic carbocycles. The molecule has 1 aliphatic carbocycles. The molecule has 1 saturated heterocycles. The summed E-state index contributed by atoms with van der Waals surface area (Å²) in [6.07, 6.45) is 6.07. The third-order valence-corrected chi connectivity index (χ3v) is 6.06. The van der Waals surface area contributed by atoms with Crippen molar-refractivity contribution in [3.63, 3.8) is 0 Å². The molecular formula is C24H28ClN3O3. The summed E-state index contributed by atoms with van der Waals surface area (Å²) in [4.78, 5) is 26.0. The van der Waals surface area contributed by atoms with E-state index in [1.807, 2.05) is 41.3 Å². The number of aryl methyl sites for hydroxylation is 1. The highest BCUT2D eigenvalue weighted by Crippen LogP contribution is 2.29. The first kappa shape index (κ1) is 21.5. The Balaban J connectivity index is 1.29. The number of nitrogens with one attached hydrogen (secondary N) is 2. The van der Waals surface area contributed by atoms with Crippen molar-refractivity contribution in [2.24, 2.45) is 0 Å². The lowest BCUT2D eigenvalue weighted by Crippen LogP contribution is -2.47. The number of piperazine rings is 1. The zero-order chi connectivity index (χ0) is 21.6. The van der Waals surface area contributed by atoms with Crippen molar-refractivity contribution in [3.05, 3.63) is 53.1 Å². The molecule has 0 bridgehead atoms. The maximum atomic E-state index is 12.4. The van der Waals surface area contributed by atoms with Crippen LogP contribution in [0.3, 0.4) is 0 Å². The molecule has 6 nitrogen and oxygen atoms in total. The maximum absolute atomic E-state index is 12.4. The first-order chi connectivity index (χ1) is 15.1. The molecule has 2 aliphatic rings. The number of amides is 2. The molecule has 0 unspecified atom stereocenters. The van der Waals surface area contributed by atoms with Crippen molar-refractivity contribution in [2.45, 2.75) is 44.6 Å². The van der Waals surface area contributed by atoms with Gasteiger partial charge in [-0.15, -0.1) is 0 Å². The molecule has 2 aromatic rings. The van der Waals surface area contributed by atoms with Gasteiger partial charge in [0.05, 0.1) is 23.4 Å². The highest BCUT2D eigenvalue weighted by molar-refractivity contribution is 6.33. The summed E-state index contributed by atoms with van der Waals surface area (Å²) in [6, 6.07) is 13.4. The molecule has 0 atom stereocenters. The fourth-order valence-electron chi connectivity index (χ4n) is 4.14. The highest BCUT2D eigenvalue weighted by Gasteiger charge is 2.19. The zero-order valence-corrected chi connectivity index (χ0v) is 18.3. The van der Waals surface area contributed by atoms with Crippen molar-refractivity contribution < 1.29 is 14.3 Å². The fraction of sp³-hybridized carbons (Fsp3) is 0.417. The number of hydrogen-bond acceptors (Lipinski definition) is 4. The first-order valence-corrected chi connectivity index (χ1v) is 11.3. The average Bonchev–Trinajstić information content (AvgIpc) is 3.26. The molecule has 4 rings (SSSR count). The van der Waals surface area contributed by atoms with Gasteiger partial charge in [0.25, 0.3) is 0 Å². The smallest absolute Gasteiger partial charge is 0.239 e. The Morgan fingerprint density at radius 1 is 1.19 bits per heavy atom. The number of carbonyl (C=O) groups is 2. The summed E-state index contributed by atoms with van der Waals surface area (Å²) in [7, 11) is 0. The minimum Gasteiger partial charge on any atom is -0.490 e. The predicted molar refractivity (Wildman–Crippen MR) is 123 cm³/mol. The normalized spacial score (nSPS) is 16.8. The summed E-state index contributed by atoms with van der Waals surface area (Å²) in [5, 5.41) is 6.23. The highest BCUT2D eigenvalue weighted by atomic mass is 35.5. The van der Waals surface area contributed by atoms with Gasteiger partial charge in [-0.05, 0) is 68.0 Å². The van der Waals surface area contributed by atoms with Crippen molar-refractivity contribution >= 4 is 34.8 Å². The summed E-state index contributed by atoms with van der Waals surface area (Å²) in [5.74, 6) is 0.805. The van der Waals surface area contributed by atoms with E-state index in [2.05, 4.69) is 10.6 Å². The molecule has 1 saturated carbocycles. The number of carbonyl (C=O) groups excluding carboxylic acids is 2. The quantitative estimate of drug-likeness (QED) is 0.676. The van der Waals surface area contributed by atoms with Gasteiger partial charge in [-0.1, -0.05) is 23.7 Å². The number of benzene rings is 2. The molecule has 2 amide bonds. The second kappa shape index (κ2) is 10.1. The zero-order valence-electron chi connectivity index (χ0n) is 17.5. The molecule has 31 heavy (non-hydrogen) atoms. The molecule has 164 valence electrons. The number of ether oxygens (including phenoxy) is 1. The van der Waals surface area contributed by atoms with E-state index in [0.29, 0.717) is 42.7 Å². The molecule has 1 aliphatic heterocycles. The number of nitrogens with zero attached hydrogens (tertiary/aromatic N) is 1. The lowest BCUT2D eigenvalue weighted by Gasteiger charge is -2.29. The van der Waals surface area contributed by atoms with E-state index < -0.39 is 0 Å². The number of rotatable bonds is 7. The summed E-state index contributed by atoms with van der Waals surface area (Å²) in [5.41, 5.74) is 2.54. The lowest BCUT2D eigenvalue weighted by molar-refractivity contribution is -0.120. The largest absolute Gasteiger partial charge is 0.490 e. The third kappa shape index (κ3) is 5.91. The Labute approximate surface area is 187 Å². The van der Waals surface area contributed by atoms with Crippen LogP contribution in [0.4, 0.5) is 11.4 Å². The van der Waals surface area contributed by atoms with E-state index in [0.717, 1.165) is 29.8 Å². The van der Waals surface area contributed by atoms with E-state index >= 15 is 0 Å². The van der Waals surface area contributed by atoms with Crippen LogP contribution in [-0.2, 0) is 16.0 Å². The predicted octanol–water partition coefficient (Wildman–Crippen LogP) is 4.17. The van der Waals surface area contributed by atoms with Crippen LogP contribution >= 0.6 is 11.6 Å². The molecule has 2 fully saturated rings. The van der Waals surface area contributed by atoms with E-state index in [1.54, 1.807) is 6.07 Å². The van der Waals surface area contributed by atoms with Gasteiger partial charge in [-0.2, -0.15) is 0 Å². The van der Waals surface area contributed by atoms with Gasteiger partial charge in [0.1, 0.15) is 5.75 Å². The number of anilines is 2. The molecule has 0 radical (unpaired) electrons. The Hall–Kier alpha value is -2.73. The molecule has 0 aromatic heterocycles. The molecule has 2 N–H and O–H groups in total. The Morgan fingerprint density at radius 3 is 2.81 bits per heavy atom. The van der Waals surface area contributed by atoms with Crippen LogP contribution in [0.15, 0.2) is 42.5 Å². The number of halogens is 1. The van der Waals surface area contributed by atoms with Crippen molar-refractivity contribution in [1.82, 2.24) is 5.32 Å². The molecule has 7 heteroatoms. The third-order valence-electron chi connectivity index (χ3n) is 5.75. The summed E-state index contributed by atoms with van der Waals surface area (Å²) >= 11 is 6.42. The van der Waals surface area contributed by atoms with E-state index in [9.17, 15) is 9.59 Å². The number of hydrogen-bond donors (Lipinski definition) is 2. The minimum absolute atomic E-state index is 0.0163. The summed E-state index contributed by atoms with van der Waals surface area (Å²) in [6.45, 7) is 1.59. The Bertz CT molecular complexity index is 943. The van der Waals surface area contributed by atoms with Crippen molar-refractivity contribution in [3.8, 4) is 5.75 Å². The van der Waals surface area contributed by atoms with Crippen LogP contribution < -0.4 is 20.3 Å². The van der Waals surface area contributed by atoms with Crippen LogP contribution in [0.25, 0.3) is 0 Å². The van der Waals surface area contributed by atoms with Gasteiger partial charge in [0.15, 0.2) is 0 Å². The fourth-order valence-corrected chi connectivity index (χ4v) is 4.44. The molecule has 0 spiro atoms. The minimum atomic E-state index is -0.0664. The van der Waals surface area contributed by atoms with Gasteiger partial charge in [-0.3, -0.25) is 9.59 Å². The van der Waals surface area contributed by atoms with E-state index in [-0.39, 0.29) is 18.4 Å². The van der Waals surface area contributed by atoms with E-state index in [1.165, 1.54) is 12.8 Å². The van der Waals surface area contributed by atoms with Crippen LogP contribution in [0.5, 0.6) is 5.75 Å². The topological polar surface area (TPSA) is 70.7 Å². The van der Waals surface area contributed by atoms with Gasteiger partial charge in [-0.25, -0.2) is 0 Å². The van der Waals surface area contributed by atoms with Crippen LogP contribution in [0.2, 0.25) is 5.02 Å². The van der Waals surface area contributed by atoms with Gasteiger partial charge in [0, 0.05) is 25.2 Å². The first-order valence-electron chi connectivity index (χ1n) is 10.9. The second-order valence-electron chi connectivity index (χ2n) is 8.16. The van der Waals surface area contributed by atoms with Crippen LogP contribution in [0, 0.1) is 0 Å². The lowest BCUT2D eigenvalue weighted by atomic mass is 10.1. The van der Waals surface area contributed by atoms with Gasteiger partial charge in [0.2, 0.25) is 11.8 Å². The maximum Gasteiger partial charge on any atom is 0.239 e. The Kier molecular flexibility index (Phi) is 6.97. The van der Waals surface area contributed by atoms with Crippen molar-refractivity contribution in [2.75, 3.05) is 29.9 Å². The standard InChI is InChI=1S/C24H28ClN3O3/c25-21-15-18(9-10-22(21)28-13-12-26-24(30)16-28)27-23(29)11-8-17-4-3-7-20(14-17)31-19-5-1-2-6-19/h3-4,7,9-10,14-15,19H,1-2,5-6,8,11-13,16H2,(H,26,30)(H,27,29). The summed E-state index contributed by atoms with van der Waals surface area (Å²) < 4.78 is 6.06. The van der Waals surface area contributed by atoms with E-state index in [4.69, 9.17) is 16.3 Å². The monoisotopic (exact) mass is 441 g/mol. The molecule has 1 heterocycles.